The van der Waals surface area contributed by atoms with Crippen LogP contribution in [0, 0.1) is 18.2 Å². The van der Waals surface area contributed by atoms with Crippen LogP contribution in [0.3, 0.4) is 0 Å². The van der Waals surface area contributed by atoms with E-state index >= 15 is 0 Å². The lowest BCUT2D eigenvalue weighted by Gasteiger charge is -2.34. The lowest BCUT2D eigenvalue weighted by Crippen LogP contribution is -2.40. The van der Waals surface area contributed by atoms with Gasteiger partial charge in [0.1, 0.15) is 23.7 Å². The van der Waals surface area contributed by atoms with Gasteiger partial charge in [-0.25, -0.2) is 23.7 Å². The monoisotopic (exact) mass is 457 g/mol. The number of amidine groups is 1. The van der Waals surface area contributed by atoms with Gasteiger partial charge in [-0.3, -0.25) is 4.79 Å². The van der Waals surface area contributed by atoms with Crippen molar-refractivity contribution < 1.29 is 23.4 Å². The van der Waals surface area contributed by atoms with Crippen LogP contribution in [0.15, 0.2) is 47.2 Å². The van der Waals surface area contributed by atoms with Gasteiger partial charge in [-0.15, -0.1) is 6.42 Å². The van der Waals surface area contributed by atoms with E-state index in [0.717, 1.165) is 17.8 Å². The summed E-state index contributed by atoms with van der Waals surface area (Å²) in [7, 11) is 0. The molecule has 11 heteroatoms. The Bertz CT molecular complexity index is 1180. The van der Waals surface area contributed by atoms with Crippen molar-refractivity contribution in [3.8, 4) is 18.2 Å². The lowest BCUT2D eigenvalue weighted by atomic mass is 9.86. The van der Waals surface area contributed by atoms with Crippen LogP contribution in [0.4, 0.5) is 14.5 Å². The number of nitrogens with one attached hydrogen (secondary N) is 1. The molecule has 1 aliphatic heterocycles. The molecule has 8 nitrogen and oxygen atoms in total. The molecule has 0 radical (unpaired) electrons. The van der Waals surface area contributed by atoms with E-state index < -0.39 is 28.7 Å². The average molecular weight is 457 g/mol. The van der Waals surface area contributed by atoms with Crippen LogP contribution in [0.2, 0.25) is 0 Å². The summed E-state index contributed by atoms with van der Waals surface area (Å²) in [5.41, 5.74) is 4.65. The van der Waals surface area contributed by atoms with Gasteiger partial charge in [-0.05, 0) is 23.8 Å². The third-order valence-corrected chi connectivity index (χ3v) is 6.18. The number of benzene rings is 1. The van der Waals surface area contributed by atoms with Crippen LogP contribution in [-0.2, 0) is 5.54 Å². The van der Waals surface area contributed by atoms with E-state index in [-0.39, 0.29) is 41.2 Å². The predicted molar refractivity (Wildman–Crippen MR) is 115 cm³/mol. The first-order chi connectivity index (χ1) is 15.4. The number of terminal acetylenes is 1. The molecule has 0 spiro atoms. The van der Waals surface area contributed by atoms with E-state index in [0.29, 0.717) is 5.57 Å². The fourth-order valence-electron chi connectivity index (χ4n) is 3.49. The Hall–Kier alpha value is -3.49. The first-order valence-corrected chi connectivity index (χ1v) is 10.1. The maximum absolute atomic E-state index is 14.8. The summed E-state index contributed by atoms with van der Waals surface area (Å²) >= 11 is 1.09. The lowest BCUT2D eigenvalue weighted by molar-refractivity contribution is 0.102. The van der Waals surface area contributed by atoms with Crippen molar-refractivity contribution in [3.63, 3.8) is 0 Å². The number of anilines is 1. The molecule has 2 heterocycles. The molecule has 0 unspecified atom stereocenters. The second-order valence-corrected chi connectivity index (χ2v) is 8.38. The Morgan fingerprint density at radius 2 is 2.19 bits per heavy atom. The first kappa shape index (κ1) is 21.7. The van der Waals surface area contributed by atoms with Crippen molar-refractivity contribution in [2.24, 2.45) is 10.7 Å². The van der Waals surface area contributed by atoms with Crippen molar-refractivity contribution >= 4 is 28.5 Å². The molecule has 0 fully saturated rings. The highest BCUT2D eigenvalue weighted by Crippen LogP contribution is 2.60. The van der Waals surface area contributed by atoms with Crippen molar-refractivity contribution in [1.82, 2.24) is 9.97 Å². The van der Waals surface area contributed by atoms with Crippen molar-refractivity contribution in [2.45, 2.75) is 10.3 Å². The van der Waals surface area contributed by atoms with Gasteiger partial charge < -0.3 is 20.9 Å². The Labute approximate surface area is 186 Å². The molecule has 32 heavy (non-hydrogen) atoms. The van der Waals surface area contributed by atoms with Crippen LogP contribution >= 0.6 is 11.8 Å². The SMILES string of the molecule is C#CCOc1cnc(C(=O)Nc2ccc(F)c([C@@]3(CF)N=C(N)S[C@@]4(CO)C=C43)c2)cn1. The Morgan fingerprint density at radius 1 is 1.38 bits per heavy atom. The predicted octanol–water partition coefficient (Wildman–Crippen LogP) is 1.78. The molecule has 4 N–H and O–H groups in total. The number of nitrogens with zero attached hydrogens (tertiary/aromatic N) is 3. The molecule has 0 saturated carbocycles. The van der Waals surface area contributed by atoms with Gasteiger partial charge in [0, 0.05) is 11.3 Å². The zero-order chi connectivity index (χ0) is 22.9. The summed E-state index contributed by atoms with van der Waals surface area (Å²) in [5.74, 6) is 1.10. The van der Waals surface area contributed by atoms with E-state index in [9.17, 15) is 18.7 Å². The first-order valence-electron chi connectivity index (χ1n) is 9.32. The normalized spacial score (nSPS) is 23.3. The number of aliphatic imine (C=N–C) groups is 1. The summed E-state index contributed by atoms with van der Waals surface area (Å²) in [6.45, 7) is -1.38. The van der Waals surface area contributed by atoms with Gasteiger partial charge in [0.15, 0.2) is 11.8 Å². The molecule has 0 bridgehead atoms. The highest BCUT2D eigenvalue weighted by Gasteiger charge is 2.60. The number of amides is 1. The molecule has 1 aliphatic carbocycles. The van der Waals surface area contributed by atoms with Gasteiger partial charge in [0.2, 0.25) is 5.88 Å². The number of hydrogen-bond donors (Lipinski definition) is 3. The molecule has 2 aliphatic rings. The molecular formula is C21H17F2N5O3S. The fraction of sp³-hybridized carbons (Fsp3) is 0.238. The summed E-state index contributed by atoms with van der Waals surface area (Å²) in [5, 5.41) is 12.3. The zero-order valence-corrected chi connectivity index (χ0v) is 17.3. The van der Waals surface area contributed by atoms with Crippen molar-refractivity contribution in [2.75, 3.05) is 25.2 Å². The largest absolute Gasteiger partial charge is 0.463 e. The smallest absolute Gasteiger partial charge is 0.275 e. The van der Waals surface area contributed by atoms with E-state index in [1.54, 1.807) is 6.08 Å². The molecule has 0 saturated heterocycles. The second kappa shape index (κ2) is 8.22. The fourth-order valence-corrected chi connectivity index (χ4v) is 4.58. The van der Waals surface area contributed by atoms with Crippen LogP contribution < -0.4 is 15.8 Å². The van der Waals surface area contributed by atoms with Crippen LogP contribution in [0.5, 0.6) is 5.88 Å². The highest BCUT2D eigenvalue weighted by molar-refractivity contribution is 8.15. The number of fused-ring (bicyclic) bond motifs is 1. The minimum atomic E-state index is -1.71. The number of nitrogens with two attached hydrogens (primary N) is 1. The minimum Gasteiger partial charge on any atom is -0.463 e. The van der Waals surface area contributed by atoms with Gasteiger partial charge in [0.05, 0.1) is 23.7 Å². The number of aliphatic hydroxyl groups excluding tert-OH is 1. The number of thioether (sulfide) groups is 1. The molecule has 2 atom stereocenters. The second-order valence-electron chi connectivity index (χ2n) is 7.03. The van der Waals surface area contributed by atoms with Gasteiger partial charge in [-0.1, -0.05) is 23.8 Å². The summed E-state index contributed by atoms with van der Waals surface area (Å²) in [4.78, 5) is 24.6. The van der Waals surface area contributed by atoms with E-state index in [4.69, 9.17) is 16.9 Å². The maximum atomic E-state index is 14.8. The molecule has 1 aromatic carbocycles. The van der Waals surface area contributed by atoms with E-state index in [1.807, 2.05) is 0 Å². The minimum absolute atomic E-state index is 0.00834. The topological polar surface area (TPSA) is 123 Å². The maximum Gasteiger partial charge on any atom is 0.275 e. The number of halogens is 2. The van der Waals surface area contributed by atoms with Crippen LogP contribution in [0.1, 0.15) is 16.1 Å². The number of alkyl halides is 1. The Kier molecular flexibility index (Phi) is 5.58. The molecule has 164 valence electrons. The summed E-state index contributed by atoms with van der Waals surface area (Å²) in [6, 6.07) is 3.71. The number of ether oxygens (including phenoxy) is 1. The van der Waals surface area contributed by atoms with Crippen molar-refractivity contribution in [1.29, 1.82) is 0 Å². The number of aromatic nitrogens is 2. The third-order valence-electron chi connectivity index (χ3n) is 5.05. The summed E-state index contributed by atoms with van der Waals surface area (Å²) in [6.07, 6.45) is 9.17. The van der Waals surface area contributed by atoms with E-state index in [1.165, 1.54) is 24.5 Å². The number of aliphatic hydroxyl groups is 1. The molecule has 2 aromatic rings. The van der Waals surface area contributed by atoms with Crippen LogP contribution in [-0.4, -0.2) is 50.8 Å². The highest BCUT2D eigenvalue weighted by atomic mass is 32.2. The quantitative estimate of drug-likeness (QED) is 0.428. The molecule has 1 amide bonds. The number of carbonyl (C=O) groups is 1. The number of hydrogen-bond acceptors (Lipinski definition) is 8. The van der Waals surface area contributed by atoms with Gasteiger partial charge in [-0.2, -0.15) is 0 Å². The standard InChI is InChI=1S/C21H17F2N5O3S/c1-2-5-31-17-9-25-15(8-26-17)18(30)27-12-3-4-14(23)13(6-12)21(10-22)16-7-20(16,11-29)32-19(24)28-21/h1,3-4,6-9,29H,5,10-11H2,(H2,24,28)(H,27,30)/t20-,21-/m1/s1. The van der Waals surface area contributed by atoms with Gasteiger partial charge in [0.25, 0.3) is 5.91 Å². The molecular weight excluding hydrogens is 440 g/mol. The van der Waals surface area contributed by atoms with E-state index in [2.05, 4.69) is 26.2 Å². The summed E-state index contributed by atoms with van der Waals surface area (Å²) < 4.78 is 33.4. The Morgan fingerprint density at radius 3 is 2.84 bits per heavy atom. The van der Waals surface area contributed by atoms with Crippen molar-refractivity contribution in [3.05, 3.63) is 59.3 Å². The number of rotatable bonds is 7. The Balaban J connectivity index is 1.61. The molecule has 1 aromatic heterocycles. The zero-order valence-electron chi connectivity index (χ0n) is 16.5. The third kappa shape index (κ3) is 3.68. The van der Waals surface area contributed by atoms with Crippen LogP contribution in [0.25, 0.3) is 0 Å². The van der Waals surface area contributed by atoms with Gasteiger partial charge >= 0.3 is 0 Å². The number of carbonyl (C=O) groups excluding carboxylic acids is 1. The average Bonchev–Trinajstić information content (AvgIpc) is 3.54. The molecule has 4 rings (SSSR count).